The van der Waals surface area contributed by atoms with Gasteiger partial charge in [0, 0.05) is 11.8 Å². The van der Waals surface area contributed by atoms with E-state index in [4.69, 9.17) is 4.98 Å². The number of benzene rings is 2. The molecule has 0 radical (unpaired) electrons. The first kappa shape index (κ1) is 13.3. The van der Waals surface area contributed by atoms with Crippen molar-refractivity contribution in [3.63, 3.8) is 0 Å². The van der Waals surface area contributed by atoms with Crippen molar-refractivity contribution < 1.29 is 0 Å². The molecule has 0 aliphatic carbocycles. The summed E-state index contributed by atoms with van der Waals surface area (Å²) < 4.78 is 3.03. The average Bonchev–Trinajstić information content (AvgIpc) is 2.93. The van der Waals surface area contributed by atoms with E-state index in [1.165, 1.54) is 11.1 Å². The minimum absolute atomic E-state index is 0.939. The minimum atomic E-state index is 0.939. The van der Waals surface area contributed by atoms with Gasteiger partial charge in [-0.25, -0.2) is 4.98 Å². The van der Waals surface area contributed by atoms with Crippen LogP contribution in [0.25, 0.3) is 28.0 Å². The second kappa shape index (κ2) is 5.43. The molecular formula is C19H13BrN2. The summed E-state index contributed by atoms with van der Waals surface area (Å²) in [6, 6.07) is 24.9. The zero-order chi connectivity index (χ0) is 14.9. The molecule has 0 fully saturated rings. The zero-order valence-corrected chi connectivity index (χ0v) is 13.4. The highest BCUT2D eigenvalue weighted by Gasteiger charge is 2.11. The fourth-order valence-electron chi connectivity index (χ4n) is 2.63. The number of imidazole rings is 1. The van der Waals surface area contributed by atoms with E-state index in [1.807, 2.05) is 34.9 Å². The van der Waals surface area contributed by atoms with Gasteiger partial charge in [0.1, 0.15) is 15.9 Å². The largest absolute Gasteiger partial charge is 0.294 e. The molecule has 0 saturated heterocycles. The molecule has 0 saturated carbocycles. The van der Waals surface area contributed by atoms with Crippen LogP contribution in [0.2, 0.25) is 0 Å². The van der Waals surface area contributed by atoms with Crippen LogP contribution in [0.5, 0.6) is 0 Å². The Balaban J connectivity index is 1.87. The van der Waals surface area contributed by atoms with Crippen LogP contribution >= 0.6 is 15.9 Å². The summed E-state index contributed by atoms with van der Waals surface area (Å²) in [7, 11) is 0. The lowest BCUT2D eigenvalue weighted by atomic mass is 10.0. The van der Waals surface area contributed by atoms with E-state index in [0.29, 0.717) is 0 Å². The van der Waals surface area contributed by atoms with Crippen molar-refractivity contribution in [1.29, 1.82) is 0 Å². The quantitative estimate of drug-likeness (QED) is 0.472. The lowest BCUT2D eigenvalue weighted by Crippen LogP contribution is -1.83. The summed E-state index contributed by atoms with van der Waals surface area (Å²) >= 11 is 3.67. The molecule has 22 heavy (non-hydrogen) atoms. The minimum Gasteiger partial charge on any atom is -0.294 e. The topological polar surface area (TPSA) is 17.3 Å². The molecule has 0 N–H and O–H groups in total. The molecule has 0 spiro atoms. The standard InChI is InChI=1S/C19H13BrN2/c20-19-18(21-17-11-4-5-12-22(17)19)16-10-6-9-15(13-16)14-7-2-1-3-8-14/h1-13H. The smallest absolute Gasteiger partial charge is 0.138 e. The van der Waals surface area contributed by atoms with Gasteiger partial charge in [0.2, 0.25) is 0 Å². The molecule has 4 aromatic rings. The Morgan fingerprint density at radius 1 is 0.727 bits per heavy atom. The molecule has 2 aromatic carbocycles. The van der Waals surface area contributed by atoms with E-state index in [9.17, 15) is 0 Å². The summed E-state index contributed by atoms with van der Waals surface area (Å²) in [5, 5.41) is 0. The number of fused-ring (bicyclic) bond motifs is 1. The second-order valence-corrected chi connectivity index (χ2v) is 5.88. The molecule has 0 aliphatic rings. The zero-order valence-electron chi connectivity index (χ0n) is 11.8. The Bertz CT molecular complexity index is 942. The van der Waals surface area contributed by atoms with Crippen LogP contribution in [0.4, 0.5) is 0 Å². The molecule has 106 valence electrons. The molecule has 3 heteroatoms. The maximum atomic E-state index is 4.73. The Morgan fingerprint density at radius 3 is 2.27 bits per heavy atom. The maximum absolute atomic E-state index is 4.73. The summed E-state index contributed by atoms with van der Waals surface area (Å²) in [5.41, 5.74) is 5.42. The van der Waals surface area contributed by atoms with Gasteiger partial charge in [0.25, 0.3) is 0 Å². The van der Waals surface area contributed by atoms with Gasteiger partial charge in [-0.1, -0.05) is 54.6 Å². The summed E-state index contributed by atoms with van der Waals surface area (Å²) in [6.45, 7) is 0. The third kappa shape index (κ3) is 2.24. The number of nitrogens with zero attached hydrogens (tertiary/aromatic N) is 2. The number of hydrogen-bond donors (Lipinski definition) is 0. The first-order valence-corrected chi connectivity index (χ1v) is 7.91. The molecule has 2 nitrogen and oxygen atoms in total. The highest BCUT2D eigenvalue weighted by Crippen LogP contribution is 2.31. The molecule has 0 bridgehead atoms. The van der Waals surface area contributed by atoms with E-state index < -0.39 is 0 Å². The fraction of sp³-hybridized carbons (Fsp3) is 0. The van der Waals surface area contributed by atoms with Gasteiger partial charge in [-0.05, 0) is 45.3 Å². The van der Waals surface area contributed by atoms with Crippen molar-refractivity contribution in [2.75, 3.05) is 0 Å². The van der Waals surface area contributed by atoms with Gasteiger partial charge in [0.05, 0.1) is 0 Å². The van der Waals surface area contributed by atoms with E-state index in [0.717, 1.165) is 21.5 Å². The highest BCUT2D eigenvalue weighted by atomic mass is 79.9. The van der Waals surface area contributed by atoms with E-state index in [1.54, 1.807) is 0 Å². The number of rotatable bonds is 2. The third-order valence-corrected chi connectivity index (χ3v) is 4.47. The summed E-state index contributed by atoms with van der Waals surface area (Å²) in [6.07, 6.45) is 2.01. The van der Waals surface area contributed by atoms with Crippen LogP contribution in [-0.4, -0.2) is 9.38 Å². The average molecular weight is 349 g/mol. The van der Waals surface area contributed by atoms with Crippen molar-refractivity contribution in [2.24, 2.45) is 0 Å². The van der Waals surface area contributed by atoms with Crippen molar-refractivity contribution in [2.45, 2.75) is 0 Å². The third-order valence-electron chi connectivity index (χ3n) is 3.71. The van der Waals surface area contributed by atoms with Crippen LogP contribution in [0.1, 0.15) is 0 Å². The molecule has 2 heterocycles. The molecule has 0 aliphatic heterocycles. The maximum Gasteiger partial charge on any atom is 0.138 e. The monoisotopic (exact) mass is 348 g/mol. The number of aromatic nitrogens is 2. The Labute approximate surface area is 137 Å². The van der Waals surface area contributed by atoms with Crippen LogP contribution < -0.4 is 0 Å². The van der Waals surface area contributed by atoms with Gasteiger partial charge < -0.3 is 0 Å². The SMILES string of the molecule is Brc1c(-c2cccc(-c3ccccc3)c2)nc2ccccn12. The Hall–Kier alpha value is -2.39. The number of pyridine rings is 1. The van der Waals surface area contributed by atoms with E-state index in [-0.39, 0.29) is 0 Å². The van der Waals surface area contributed by atoms with E-state index >= 15 is 0 Å². The van der Waals surface area contributed by atoms with Crippen molar-refractivity contribution >= 4 is 21.6 Å². The van der Waals surface area contributed by atoms with E-state index in [2.05, 4.69) is 64.5 Å². The lowest BCUT2D eigenvalue weighted by Gasteiger charge is -2.04. The van der Waals surface area contributed by atoms with Crippen LogP contribution in [0, 0.1) is 0 Å². The van der Waals surface area contributed by atoms with Crippen LogP contribution in [0.15, 0.2) is 83.6 Å². The van der Waals surface area contributed by atoms with Gasteiger partial charge in [-0.15, -0.1) is 0 Å². The van der Waals surface area contributed by atoms with Crippen LogP contribution in [0.3, 0.4) is 0 Å². The Kier molecular flexibility index (Phi) is 3.28. The number of hydrogen-bond acceptors (Lipinski definition) is 1. The summed E-state index contributed by atoms with van der Waals surface area (Å²) in [5.74, 6) is 0. The summed E-state index contributed by atoms with van der Waals surface area (Å²) in [4.78, 5) is 4.73. The van der Waals surface area contributed by atoms with Crippen molar-refractivity contribution in [3.05, 3.63) is 83.6 Å². The molecule has 0 atom stereocenters. The molecular weight excluding hydrogens is 336 g/mol. The van der Waals surface area contributed by atoms with Gasteiger partial charge in [-0.2, -0.15) is 0 Å². The van der Waals surface area contributed by atoms with Gasteiger partial charge in [-0.3, -0.25) is 4.40 Å². The second-order valence-electron chi connectivity index (χ2n) is 5.13. The Morgan fingerprint density at radius 2 is 1.45 bits per heavy atom. The van der Waals surface area contributed by atoms with Crippen LogP contribution in [-0.2, 0) is 0 Å². The lowest BCUT2D eigenvalue weighted by molar-refractivity contribution is 1.15. The highest BCUT2D eigenvalue weighted by molar-refractivity contribution is 9.10. The first-order chi connectivity index (χ1) is 10.8. The predicted octanol–water partition coefficient (Wildman–Crippen LogP) is 5.43. The van der Waals surface area contributed by atoms with Crippen molar-refractivity contribution in [3.8, 4) is 22.4 Å². The fourth-order valence-corrected chi connectivity index (χ4v) is 3.24. The molecule has 0 amide bonds. The molecule has 0 unspecified atom stereocenters. The number of halogens is 1. The molecule has 2 aromatic heterocycles. The first-order valence-electron chi connectivity index (χ1n) is 7.11. The van der Waals surface area contributed by atoms with Crippen molar-refractivity contribution in [1.82, 2.24) is 9.38 Å². The normalized spacial score (nSPS) is 11.0. The van der Waals surface area contributed by atoms with Gasteiger partial charge >= 0.3 is 0 Å². The van der Waals surface area contributed by atoms with Gasteiger partial charge in [0.15, 0.2) is 0 Å². The predicted molar refractivity (Wildman–Crippen MR) is 93.8 cm³/mol. The molecule has 4 rings (SSSR count).